The fourth-order valence-electron chi connectivity index (χ4n) is 2.68. The van der Waals surface area contributed by atoms with Gasteiger partial charge < -0.3 is 14.9 Å². The molecule has 0 bridgehead atoms. The number of aryl methyl sites for hydroxylation is 2. The molecule has 2 N–H and O–H groups in total. The van der Waals surface area contributed by atoms with Crippen LogP contribution in [-0.4, -0.2) is 13.1 Å². The van der Waals surface area contributed by atoms with Gasteiger partial charge in [-0.2, -0.15) is 0 Å². The van der Waals surface area contributed by atoms with E-state index < -0.39 is 5.97 Å². The fraction of sp³-hybridized carbons (Fsp3) is 0.312. The molecule has 0 fully saturated rings. The lowest BCUT2D eigenvalue weighted by Gasteiger charge is -2.11. The molecule has 0 saturated carbocycles. The molecular weight excluding hydrogens is 254 g/mol. The van der Waals surface area contributed by atoms with Gasteiger partial charge >= 0.3 is 5.97 Å². The number of ether oxygens (including phenoxy) is 1. The Bertz CT molecular complexity index is 645. The number of hydrogen-bond acceptors (Lipinski definition) is 4. The minimum absolute atomic E-state index is 0.180. The predicted molar refractivity (Wildman–Crippen MR) is 74.5 cm³/mol. The lowest BCUT2D eigenvalue weighted by molar-refractivity contribution is 0.0562. The fourth-order valence-corrected chi connectivity index (χ4v) is 2.68. The summed E-state index contributed by atoms with van der Waals surface area (Å²) in [6.45, 7) is 0. The van der Waals surface area contributed by atoms with Crippen molar-refractivity contribution in [2.75, 3.05) is 7.11 Å². The molecule has 0 aliphatic heterocycles. The Balaban J connectivity index is 1.86. The summed E-state index contributed by atoms with van der Waals surface area (Å²) in [6.07, 6.45) is 3.47. The van der Waals surface area contributed by atoms with E-state index >= 15 is 0 Å². The van der Waals surface area contributed by atoms with E-state index in [2.05, 4.69) is 16.9 Å². The molecule has 1 unspecified atom stereocenters. The van der Waals surface area contributed by atoms with Gasteiger partial charge in [0.1, 0.15) is 5.76 Å². The molecule has 1 aromatic carbocycles. The summed E-state index contributed by atoms with van der Waals surface area (Å²) >= 11 is 0. The monoisotopic (exact) mass is 271 g/mol. The first-order valence-electron chi connectivity index (χ1n) is 6.74. The third-order valence-electron chi connectivity index (χ3n) is 3.80. The Morgan fingerprint density at radius 1 is 1.25 bits per heavy atom. The summed E-state index contributed by atoms with van der Waals surface area (Å²) in [5.74, 6) is 0.264. The lowest BCUT2D eigenvalue weighted by atomic mass is 10.0. The van der Waals surface area contributed by atoms with Crippen LogP contribution >= 0.6 is 0 Å². The van der Waals surface area contributed by atoms with Crippen molar-refractivity contribution in [1.82, 2.24) is 0 Å². The molecule has 0 spiro atoms. The van der Waals surface area contributed by atoms with Crippen molar-refractivity contribution >= 4 is 5.97 Å². The van der Waals surface area contributed by atoms with Crippen LogP contribution < -0.4 is 5.73 Å². The van der Waals surface area contributed by atoms with Crippen molar-refractivity contribution in [3.05, 3.63) is 58.5 Å². The zero-order valence-corrected chi connectivity index (χ0v) is 11.4. The molecule has 0 saturated heterocycles. The van der Waals surface area contributed by atoms with E-state index in [1.54, 1.807) is 12.1 Å². The van der Waals surface area contributed by atoms with Gasteiger partial charge in [-0.1, -0.05) is 18.2 Å². The van der Waals surface area contributed by atoms with Crippen LogP contribution in [0.2, 0.25) is 0 Å². The molecule has 4 nitrogen and oxygen atoms in total. The van der Waals surface area contributed by atoms with Gasteiger partial charge in [0, 0.05) is 0 Å². The van der Waals surface area contributed by atoms with Crippen molar-refractivity contribution in [3.63, 3.8) is 0 Å². The molecule has 104 valence electrons. The quantitative estimate of drug-likeness (QED) is 0.871. The number of furan rings is 1. The number of methoxy groups -OCH3 is 1. The largest absolute Gasteiger partial charge is 0.463 e. The zero-order chi connectivity index (χ0) is 14.1. The first-order chi connectivity index (χ1) is 9.69. The van der Waals surface area contributed by atoms with Crippen LogP contribution in [-0.2, 0) is 17.6 Å². The standard InChI is InChI=1S/C16H17NO3/c1-19-16(18)14-8-7-13(20-14)15(17)12-6-5-10-3-2-4-11(10)9-12/h5-9,15H,2-4,17H2,1H3. The van der Waals surface area contributed by atoms with E-state index in [1.807, 2.05) is 6.07 Å². The van der Waals surface area contributed by atoms with Crippen molar-refractivity contribution in [2.45, 2.75) is 25.3 Å². The predicted octanol–water partition coefficient (Wildman–Crippen LogP) is 2.60. The molecule has 1 atom stereocenters. The topological polar surface area (TPSA) is 65.5 Å². The highest BCUT2D eigenvalue weighted by molar-refractivity contribution is 5.86. The molecule has 1 aliphatic carbocycles. The molecule has 0 radical (unpaired) electrons. The van der Waals surface area contributed by atoms with Gasteiger partial charge in [-0.3, -0.25) is 0 Å². The summed E-state index contributed by atoms with van der Waals surface area (Å²) in [5, 5.41) is 0. The maximum Gasteiger partial charge on any atom is 0.373 e. The minimum Gasteiger partial charge on any atom is -0.463 e. The highest BCUT2D eigenvalue weighted by atomic mass is 16.5. The zero-order valence-electron chi connectivity index (χ0n) is 11.4. The second-order valence-corrected chi connectivity index (χ2v) is 5.05. The molecule has 0 amide bonds. The van der Waals surface area contributed by atoms with E-state index in [-0.39, 0.29) is 11.8 Å². The molecular formula is C16H17NO3. The smallest absolute Gasteiger partial charge is 0.373 e. The summed E-state index contributed by atoms with van der Waals surface area (Å²) in [4.78, 5) is 11.4. The number of rotatable bonds is 3. The second kappa shape index (κ2) is 5.13. The number of fused-ring (bicyclic) bond motifs is 1. The van der Waals surface area contributed by atoms with Crippen molar-refractivity contribution in [1.29, 1.82) is 0 Å². The molecule has 1 aliphatic rings. The molecule has 2 aromatic rings. The van der Waals surface area contributed by atoms with Gasteiger partial charge in [0.05, 0.1) is 13.2 Å². The van der Waals surface area contributed by atoms with Crippen LogP contribution in [0, 0.1) is 0 Å². The number of nitrogens with two attached hydrogens (primary N) is 1. The Morgan fingerprint density at radius 3 is 2.85 bits per heavy atom. The van der Waals surface area contributed by atoms with Gasteiger partial charge in [0.15, 0.2) is 0 Å². The van der Waals surface area contributed by atoms with Gasteiger partial charge in [0.2, 0.25) is 5.76 Å². The van der Waals surface area contributed by atoms with Crippen LogP contribution in [0.15, 0.2) is 34.7 Å². The molecule has 4 heteroatoms. The van der Waals surface area contributed by atoms with Gasteiger partial charge in [0.25, 0.3) is 0 Å². The van der Waals surface area contributed by atoms with Crippen molar-refractivity contribution in [2.24, 2.45) is 5.73 Å². The van der Waals surface area contributed by atoms with Crippen LogP contribution in [0.5, 0.6) is 0 Å². The minimum atomic E-state index is -0.489. The first kappa shape index (κ1) is 12.9. The van der Waals surface area contributed by atoms with E-state index in [9.17, 15) is 4.79 Å². The SMILES string of the molecule is COC(=O)c1ccc(C(N)c2ccc3c(c2)CCC3)o1. The number of benzene rings is 1. The van der Waals surface area contributed by atoms with Crippen LogP contribution in [0.1, 0.15) is 45.5 Å². The molecule has 1 heterocycles. The summed E-state index contributed by atoms with van der Waals surface area (Å²) in [7, 11) is 1.32. The third-order valence-corrected chi connectivity index (χ3v) is 3.80. The lowest BCUT2D eigenvalue weighted by Crippen LogP contribution is -2.11. The average molecular weight is 271 g/mol. The van der Waals surface area contributed by atoms with Crippen LogP contribution in [0.3, 0.4) is 0 Å². The van der Waals surface area contributed by atoms with Gasteiger partial charge in [-0.15, -0.1) is 0 Å². The number of esters is 1. The number of carbonyl (C=O) groups excluding carboxylic acids is 1. The second-order valence-electron chi connectivity index (χ2n) is 5.05. The molecule has 1 aromatic heterocycles. The van der Waals surface area contributed by atoms with Gasteiger partial charge in [-0.25, -0.2) is 4.79 Å². The Hall–Kier alpha value is -2.07. The maximum atomic E-state index is 11.4. The van der Waals surface area contributed by atoms with E-state index in [4.69, 9.17) is 10.2 Å². The summed E-state index contributed by atoms with van der Waals surface area (Å²) < 4.78 is 10.1. The number of hydrogen-bond donors (Lipinski definition) is 1. The van der Waals surface area contributed by atoms with E-state index in [0.29, 0.717) is 5.76 Å². The van der Waals surface area contributed by atoms with E-state index in [1.165, 1.54) is 24.7 Å². The molecule has 20 heavy (non-hydrogen) atoms. The van der Waals surface area contributed by atoms with Gasteiger partial charge in [-0.05, 0) is 48.1 Å². The Morgan fingerprint density at radius 2 is 2.05 bits per heavy atom. The third kappa shape index (κ3) is 2.23. The molecule has 3 rings (SSSR count). The average Bonchev–Trinajstić information content (AvgIpc) is 3.13. The van der Waals surface area contributed by atoms with E-state index in [0.717, 1.165) is 18.4 Å². The van der Waals surface area contributed by atoms with Crippen LogP contribution in [0.25, 0.3) is 0 Å². The highest BCUT2D eigenvalue weighted by Gasteiger charge is 2.19. The van der Waals surface area contributed by atoms with Crippen molar-refractivity contribution < 1.29 is 13.9 Å². The highest BCUT2D eigenvalue weighted by Crippen LogP contribution is 2.28. The Kier molecular flexibility index (Phi) is 3.32. The summed E-state index contributed by atoms with van der Waals surface area (Å²) in [5.41, 5.74) is 10.0. The van der Waals surface area contributed by atoms with Crippen LogP contribution in [0.4, 0.5) is 0 Å². The number of carbonyl (C=O) groups is 1. The summed E-state index contributed by atoms with van der Waals surface area (Å²) in [6, 6.07) is 9.28. The van der Waals surface area contributed by atoms with Crippen molar-refractivity contribution in [3.8, 4) is 0 Å². The Labute approximate surface area is 117 Å². The first-order valence-corrected chi connectivity index (χ1v) is 6.74. The maximum absolute atomic E-state index is 11.4. The normalized spacial score (nSPS) is 14.9.